The van der Waals surface area contributed by atoms with E-state index in [1.54, 1.807) is 11.3 Å². The van der Waals surface area contributed by atoms with E-state index in [1.807, 2.05) is 0 Å². The van der Waals surface area contributed by atoms with Crippen LogP contribution in [0.25, 0.3) is 0 Å². The Bertz CT molecular complexity index is 320. The van der Waals surface area contributed by atoms with E-state index in [-0.39, 0.29) is 5.60 Å². The van der Waals surface area contributed by atoms with Crippen molar-refractivity contribution in [2.75, 3.05) is 13.2 Å². The van der Waals surface area contributed by atoms with Gasteiger partial charge in [-0.3, -0.25) is 0 Å². The first-order chi connectivity index (χ1) is 7.24. The van der Waals surface area contributed by atoms with E-state index >= 15 is 0 Å². The first kappa shape index (κ1) is 11.0. The summed E-state index contributed by atoms with van der Waals surface area (Å²) in [5, 5.41) is 10.5. The number of rotatable bonds is 4. The molecule has 2 rings (SSSR count). The van der Waals surface area contributed by atoms with Gasteiger partial charge in [0.2, 0.25) is 0 Å². The molecule has 1 aromatic heterocycles. The largest absolute Gasteiger partial charge is 0.368 e. The molecule has 15 heavy (non-hydrogen) atoms. The van der Waals surface area contributed by atoms with E-state index in [0.717, 1.165) is 42.3 Å². The molecule has 2 N–H and O–H groups in total. The lowest BCUT2D eigenvalue weighted by atomic mass is 10.0. The first-order valence-corrected chi connectivity index (χ1v) is 6.23. The zero-order valence-corrected chi connectivity index (χ0v) is 9.85. The summed E-state index contributed by atoms with van der Waals surface area (Å²) >= 11 is 1.67. The molecule has 1 unspecified atom stereocenters. The quantitative estimate of drug-likeness (QED) is 0.846. The summed E-state index contributed by atoms with van der Waals surface area (Å²) in [5.41, 5.74) is 5.28. The van der Waals surface area contributed by atoms with Gasteiger partial charge in [-0.1, -0.05) is 11.3 Å². The smallest absolute Gasteiger partial charge is 0.149 e. The minimum Gasteiger partial charge on any atom is -0.368 e. The highest BCUT2D eigenvalue weighted by atomic mass is 32.1. The van der Waals surface area contributed by atoms with Crippen LogP contribution in [0, 0.1) is 0 Å². The third kappa shape index (κ3) is 2.35. The molecule has 0 radical (unpaired) electrons. The van der Waals surface area contributed by atoms with E-state index in [9.17, 15) is 0 Å². The van der Waals surface area contributed by atoms with Crippen LogP contribution in [0.15, 0.2) is 0 Å². The van der Waals surface area contributed by atoms with Gasteiger partial charge in [0.1, 0.15) is 15.6 Å². The Hall–Kier alpha value is -0.520. The first-order valence-electron chi connectivity index (χ1n) is 5.41. The van der Waals surface area contributed by atoms with E-state index in [2.05, 4.69) is 17.1 Å². The highest BCUT2D eigenvalue weighted by Gasteiger charge is 2.35. The van der Waals surface area contributed by atoms with Crippen LogP contribution < -0.4 is 5.73 Å². The molecular formula is C10H17N3OS. The third-order valence-electron chi connectivity index (χ3n) is 2.73. The molecule has 1 atom stereocenters. The molecular weight excluding hydrogens is 210 g/mol. The Balaban J connectivity index is 2.05. The molecule has 0 saturated carbocycles. The number of aryl methyl sites for hydroxylation is 1. The van der Waals surface area contributed by atoms with E-state index in [0.29, 0.717) is 6.54 Å². The summed E-state index contributed by atoms with van der Waals surface area (Å²) in [7, 11) is 0. The highest BCUT2D eigenvalue weighted by molar-refractivity contribution is 7.11. The van der Waals surface area contributed by atoms with Crippen LogP contribution in [-0.4, -0.2) is 23.3 Å². The average molecular weight is 227 g/mol. The summed E-state index contributed by atoms with van der Waals surface area (Å²) in [4.78, 5) is 0. The predicted octanol–water partition coefficient (Wildman–Crippen LogP) is 1.46. The SMILES string of the molecule is CC1(c2nnc(CCCN)s2)CCCO1. The molecule has 4 nitrogen and oxygen atoms in total. The van der Waals surface area contributed by atoms with Crippen LogP contribution in [0.3, 0.4) is 0 Å². The van der Waals surface area contributed by atoms with E-state index < -0.39 is 0 Å². The van der Waals surface area contributed by atoms with Gasteiger partial charge in [0.25, 0.3) is 0 Å². The van der Waals surface area contributed by atoms with E-state index in [4.69, 9.17) is 10.5 Å². The molecule has 0 bridgehead atoms. The summed E-state index contributed by atoms with van der Waals surface area (Å²) < 4.78 is 5.73. The Morgan fingerprint density at radius 3 is 3.07 bits per heavy atom. The Morgan fingerprint density at radius 1 is 1.53 bits per heavy atom. The second-order valence-corrected chi connectivity index (χ2v) is 5.14. The molecule has 0 amide bonds. The van der Waals surface area contributed by atoms with Gasteiger partial charge >= 0.3 is 0 Å². The topological polar surface area (TPSA) is 61.0 Å². The van der Waals surface area contributed by atoms with Gasteiger partial charge in [-0.25, -0.2) is 0 Å². The number of hydrogen-bond donors (Lipinski definition) is 1. The molecule has 5 heteroatoms. The lowest BCUT2D eigenvalue weighted by molar-refractivity contribution is 0.0161. The van der Waals surface area contributed by atoms with Gasteiger partial charge in [-0.05, 0) is 32.7 Å². The van der Waals surface area contributed by atoms with Gasteiger partial charge in [0.05, 0.1) is 0 Å². The van der Waals surface area contributed by atoms with Crippen LogP contribution in [0.4, 0.5) is 0 Å². The van der Waals surface area contributed by atoms with Crippen LogP contribution in [0.2, 0.25) is 0 Å². The number of hydrogen-bond acceptors (Lipinski definition) is 5. The fraction of sp³-hybridized carbons (Fsp3) is 0.800. The molecule has 0 spiro atoms. The van der Waals surface area contributed by atoms with Crippen molar-refractivity contribution in [3.05, 3.63) is 10.0 Å². The van der Waals surface area contributed by atoms with Crippen molar-refractivity contribution >= 4 is 11.3 Å². The molecule has 1 aromatic rings. The maximum atomic E-state index is 5.73. The summed E-state index contributed by atoms with van der Waals surface area (Å²) in [5.74, 6) is 0. The van der Waals surface area contributed by atoms with Gasteiger partial charge in [0, 0.05) is 13.0 Å². The van der Waals surface area contributed by atoms with Crippen molar-refractivity contribution in [2.24, 2.45) is 5.73 Å². The second-order valence-electron chi connectivity index (χ2n) is 4.08. The van der Waals surface area contributed by atoms with E-state index in [1.165, 1.54) is 0 Å². The number of ether oxygens (including phenoxy) is 1. The maximum absolute atomic E-state index is 5.73. The molecule has 84 valence electrons. The van der Waals surface area contributed by atoms with Gasteiger partial charge < -0.3 is 10.5 Å². The number of aromatic nitrogens is 2. The van der Waals surface area contributed by atoms with Crippen molar-refractivity contribution < 1.29 is 4.74 Å². The van der Waals surface area contributed by atoms with Gasteiger partial charge in [-0.15, -0.1) is 10.2 Å². The number of nitrogens with zero attached hydrogens (tertiary/aromatic N) is 2. The fourth-order valence-corrected chi connectivity index (χ4v) is 2.78. The summed E-state index contributed by atoms with van der Waals surface area (Å²) in [6.07, 6.45) is 4.09. The van der Waals surface area contributed by atoms with Crippen LogP contribution >= 0.6 is 11.3 Å². The highest BCUT2D eigenvalue weighted by Crippen LogP contribution is 2.37. The monoisotopic (exact) mass is 227 g/mol. The number of nitrogens with two attached hydrogens (primary N) is 1. The molecule has 2 heterocycles. The van der Waals surface area contributed by atoms with Crippen LogP contribution in [0.1, 0.15) is 36.2 Å². The zero-order chi connectivity index (χ0) is 10.7. The average Bonchev–Trinajstić information content (AvgIpc) is 2.84. The second kappa shape index (κ2) is 4.55. The molecule has 1 aliphatic rings. The Kier molecular flexibility index (Phi) is 3.33. The molecule has 0 aliphatic carbocycles. The van der Waals surface area contributed by atoms with Crippen molar-refractivity contribution in [3.8, 4) is 0 Å². The molecule has 1 saturated heterocycles. The van der Waals surface area contributed by atoms with Crippen LogP contribution in [0.5, 0.6) is 0 Å². The van der Waals surface area contributed by atoms with Crippen molar-refractivity contribution in [2.45, 2.75) is 38.2 Å². The van der Waals surface area contributed by atoms with Gasteiger partial charge in [0.15, 0.2) is 0 Å². The Morgan fingerprint density at radius 2 is 2.40 bits per heavy atom. The third-order valence-corrected chi connectivity index (χ3v) is 3.96. The van der Waals surface area contributed by atoms with Crippen LogP contribution in [-0.2, 0) is 16.8 Å². The molecule has 1 fully saturated rings. The lowest BCUT2D eigenvalue weighted by Gasteiger charge is -2.18. The predicted molar refractivity (Wildman–Crippen MR) is 59.8 cm³/mol. The zero-order valence-electron chi connectivity index (χ0n) is 9.03. The lowest BCUT2D eigenvalue weighted by Crippen LogP contribution is -2.19. The normalized spacial score (nSPS) is 26.0. The van der Waals surface area contributed by atoms with Crippen molar-refractivity contribution in [1.82, 2.24) is 10.2 Å². The van der Waals surface area contributed by atoms with Crippen molar-refractivity contribution in [3.63, 3.8) is 0 Å². The molecule has 1 aliphatic heterocycles. The maximum Gasteiger partial charge on any atom is 0.149 e. The van der Waals surface area contributed by atoms with Gasteiger partial charge in [-0.2, -0.15) is 0 Å². The summed E-state index contributed by atoms with van der Waals surface area (Å²) in [6, 6.07) is 0. The Labute approximate surface area is 93.8 Å². The minimum atomic E-state index is -0.182. The summed E-state index contributed by atoms with van der Waals surface area (Å²) in [6.45, 7) is 3.66. The minimum absolute atomic E-state index is 0.182. The van der Waals surface area contributed by atoms with Crippen molar-refractivity contribution in [1.29, 1.82) is 0 Å². The fourth-order valence-electron chi connectivity index (χ4n) is 1.77. The molecule has 0 aromatic carbocycles. The standard InChI is InChI=1S/C10H17N3OS/c1-10(5-3-7-14-10)9-13-12-8(15-9)4-2-6-11/h2-7,11H2,1H3.